The monoisotopic (exact) mass is 380 g/mol. The molecule has 27 heavy (non-hydrogen) atoms. The van der Waals surface area contributed by atoms with E-state index in [9.17, 15) is 14.4 Å². The Bertz CT molecular complexity index is 579. The van der Waals surface area contributed by atoms with Crippen LogP contribution in [0.3, 0.4) is 0 Å². The van der Waals surface area contributed by atoms with Gasteiger partial charge in [-0.2, -0.15) is 0 Å². The summed E-state index contributed by atoms with van der Waals surface area (Å²) in [6, 6.07) is 8.14. The first-order valence-corrected chi connectivity index (χ1v) is 8.87. The molecule has 0 saturated carbocycles. The largest absolute Gasteiger partial charge is 0.460 e. The molecule has 0 saturated heterocycles. The minimum absolute atomic E-state index is 0.188. The van der Waals surface area contributed by atoms with E-state index >= 15 is 0 Å². The Balaban J connectivity index is 2.47. The van der Waals surface area contributed by atoms with Crippen molar-refractivity contribution in [1.82, 2.24) is 0 Å². The third-order valence-corrected chi connectivity index (χ3v) is 3.55. The normalized spacial score (nSPS) is 12.9. The Labute approximate surface area is 159 Å². The molecule has 150 valence electrons. The van der Waals surface area contributed by atoms with Crippen LogP contribution in [0.25, 0.3) is 0 Å². The lowest BCUT2D eigenvalue weighted by Crippen LogP contribution is -2.37. The van der Waals surface area contributed by atoms with Gasteiger partial charge in [-0.25, -0.2) is 0 Å². The predicted molar refractivity (Wildman–Crippen MR) is 98.5 cm³/mol. The van der Waals surface area contributed by atoms with E-state index in [1.807, 2.05) is 30.3 Å². The fraction of sp³-hybridized carbons (Fsp3) is 0.526. The molecule has 0 fully saturated rings. The number of carbonyl (C=O) groups is 3. The maximum atomic E-state index is 12.0. The van der Waals surface area contributed by atoms with Crippen LogP contribution in [0.1, 0.15) is 32.3 Å². The highest BCUT2D eigenvalue weighted by molar-refractivity contribution is 5.75. The zero-order valence-electron chi connectivity index (χ0n) is 15.8. The van der Waals surface area contributed by atoms with Crippen LogP contribution in [0.5, 0.6) is 0 Å². The van der Waals surface area contributed by atoms with Gasteiger partial charge in [-0.3, -0.25) is 14.4 Å². The molecule has 1 rings (SSSR count). The molecule has 0 radical (unpaired) electrons. The molecular formula is C19H28N2O6. The van der Waals surface area contributed by atoms with E-state index in [1.165, 1.54) is 13.8 Å². The highest BCUT2D eigenvalue weighted by atomic mass is 16.6. The van der Waals surface area contributed by atoms with Gasteiger partial charge in [-0.15, -0.1) is 0 Å². The molecule has 0 aliphatic rings. The standard InChI is InChI=1S/C19H28N2O6/c1-13(20)18(23)25-11-16(12-26-19(24)14(2)21)27-17(22)10-6-9-15-7-4-3-5-8-15/h3-5,7-8,13-14,16H,6,9-12,20-21H2,1-2H3/t13-,14-/m1/s1. The minimum atomic E-state index is -0.917. The molecule has 2 atom stereocenters. The van der Waals surface area contributed by atoms with E-state index in [0.717, 1.165) is 12.0 Å². The molecule has 0 unspecified atom stereocenters. The third kappa shape index (κ3) is 9.72. The first-order valence-electron chi connectivity index (χ1n) is 8.87. The van der Waals surface area contributed by atoms with E-state index in [2.05, 4.69) is 0 Å². The van der Waals surface area contributed by atoms with Crippen molar-refractivity contribution < 1.29 is 28.6 Å². The summed E-state index contributed by atoms with van der Waals surface area (Å²) < 4.78 is 15.2. The molecule has 0 spiro atoms. The molecule has 0 bridgehead atoms. The number of hydrogen-bond acceptors (Lipinski definition) is 8. The Morgan fingerprint density at radius 3 is 1.93 bits per heavy atom. The Morgan fingerprint density at radius 1 is 0.926 bits per heavy atom. The third-order valence-electron chi connectivity index (χ3n) is 3.55. The van der Waals surface area contributed by atoms with Gasteiger partial charge in [0, 0.05) is 6.42 Å². The van der Waals surface area contributed by atoms with Gasteiger partial charge >= 0.3 is 17.9 Å². The van der Waals surface area contributed by atoms with Gasteiger partial charge in [0.15, 0.2) is 6.10 Å². The van der Waals surface area contributed by atoms with Crippen LogP contribution in [0.15, 0.2) is 30.3 Å². The number of ether oxygens (including phenoxy) is 3. The van der Waals surface area contributed by atoms with Crippen molar-refractivity contribution in [3.8, 4) is 0 Å². The highest BCUT2D eigenvalue weighted by Crippen LogP contribution is 2.07. The van der Waals surface area contributed by atoms with Crippen LogP contribution in [0.2, 0.25) is 0 Å². The van der Waals surface area contributed by atoms with Crippen LogP contribution < -0.4 is 11.5 Å². The summed E-state index contributed by atoms with van der Waals surface area (Å²) in [7, 11) is 0. The number of benzene rings is 1. The van der Waals surface area contributed by atoms with Crippen molar-refractivity contribution in [2.45, 2.75) is 51.3 Å². The molecule has 4 N–H and O–H groups in total. The molecule has 8 nitrogen and oxygen atoms in total. The first-order chi connectivity index (χ1) is 12.8. The fourth-order valence-corrected chi connectivity index (χ4v) is 2.06. The van der Waals surface area contributed by atoms with Crippen LogP contribution >= 0.6 is 0 Å². The van der Waals surface area contributed by atoms with Crippen LogP contribution in [0.4, 0.5) is 0 Å². The lowest BCUT2D eigenvalue weighted by atomic mass is 10.1. The number of esters is 3. The summed E-state index contributed by atoms with van der Waals surface area (Å²) in [6.45, 7) is 2.44. The molecule has 0 aliphatic heterocycles. The first kappa shape index (κ1) is 22.6. The molecular weight excluding hydrogens is 352 g/mol. The number of carbonyl (C=O) groups excluding carboxylic acids is 3. The smallest absolute Gasteiger partial charge is 0.322 e. The Morgan fingerprint density at radius 2 is 1.44 bits per heavy atom. The minimum Gasteiger partial charge on any atom is -0.460 e. The van der Waals surface area contributed by atoms with E-state index in [1.54, 1.807) is 0 Å². The van der Waals surface area contributed by atoms with Gasteiger partial charge in [0.2, 0.25) is 0 Å². The van der Waals surface area contributed by atoms with Gasteiger partial charge < -0.3 is 25.7 Å². The van der Waals surface area contributed by atoms with Crippen molar-refractivity contribution in [3.05, 3.63) is 35.9 Å². The Hall–Kier alpha value is -2.45. The second-order valence-electron chi connectivity index (χ2n) is 6.29. The van der Waals surface area contributed by atoms with Crippen molar-refractivity contribution in [2.24, 2.45) is 11.5 Å². The number of rotatable bonds is 11. The molecule has 0 heterocycles. The predicted octanol–water partition coefficient (Wildman–Crippen LogP) is 0.702. The van der Waals surface area contributed by atoms with E-state index in [0.29, 0.717) is 6.42 Å². The van der Waals surface area contributed by atoms with E-state index < -0.39 is 36.1 Å². The van der Waals surface area contributed by atoms with Crippen LogP contribution in [-0.4, -0.2) is 49.3 Å². The van der Waals surface area contributed by atoms with Gasteiger partial charge in [-0.1, -0.05) is 30.3 Å². The van der Waals surface area contributed by atoms with Crippen molar-refractivity contribution in [1.29, 1.82) is 0 Å². The van der Waals surface area contributed by atoms with Crippen molar-refractivity contribution in [3.63, 3.8) is 0 Å². The second kappa shape index (κ2) is 12.0. The zero-order chi connectivity index (χ0) is 20.2. The molecule has 0 aliphatic carbocycles. The van der Waals surface area contributed by atoms with Crippen LogP contribution in [0, 0.1) is 0 Å². The SMILES string of the molecule is C[C@@H](N)C(=O)OCC(COC(=O)[C@@H](C)N)OC(=O)CCCc1ccccc1. The van der Waals surface area contributed by atoms with Crippen LogP contribution in [-0.2, 0) is 35.0 Å². The van der Waals surface area contributed by atoms with Crippen molar-refractivity contribution >= 4 is 17.9 Å². The average Bonchev–Trinajstić information content (AvgIpc) is 2.63. The summed E-state index contributed by atoms with van der Waals surface area (Å²) in [6.07, 6.45) is 0.613. The van der Waals surface area contributed by atoms with E-state index in [-0.39, 0.29) is 19.6 Å². The molecule has 1 aromatic carbocycles. The molecule has 0 amide bonds. The lowest BCUT2D eigenvalue weighted by molar-refractivity contribution is -0.167. The fourth-order valence-electron chi connectivity index (χ4n) is 2.06. The summed E-state index contributed by atoms with van der Waals surface area (Å²) >= 11 is 0. The van der Waals surface area contributed by atoms with Gasteiger partial charge in [0.1, 0.15) is 25.3 Å². The topological polar surface area (TPSA) is 131 Å². The zero-order valence-corrected chi connectivity index (χ0v) is 15.8. The summed E-state index contributed by atoms with van der Waals surface area (Å²) in [4.78, 5) is 35.0. The van der Waals surface area contributed by atoms with Gasteiger partial charge in [-0.05, 0) is 32.3 Å². The number of aryl methyl sites for hydroxylation is 1. The quantitative estimate of drug-likeness (QED) is 0.424. The van der Waals surface area contributed by atoms with Gasteiger partial charge in [0.05, 0.1) is 0 Å². The highest BCUT2D eigenvalue weighted by Gasteiger charge is 2.21. The number of hydrogen-bond donors (Lipinski definition) is 2. The molecule has 0 aromatic heterocycles. The Kier molecular flexibility index (Phi) is 10.1. The second-order valence-corrected chi connectivity index (χ2v) is 6.29. The average molecular weight is 380 g/mol. The number of nitrogens with two attached hydrogens (primary N) is 2. The summed E-state index contributed by atoms with van der Waals surface area (Å²) in [5.74, 6) is -1.75. The molecule has 1 aromatic rings. The van der Waals surface area contributed by atoms with Crippen molar-refractivity contribution in [2.75, 3.05) is 13.2 Å². The summed E-state index contributed by atoms with van der Waals surface area (Å²) in [5, 5.41) is 0. The van der Waals surface area contributed by atoms with Gasteiger partial charge in [0.25, 0.3) is 0 Å². The summed E-state index contributed by atoms with van der Waals surface area (Å²) in [5.41, 5.74) is 12.0. The molecule has 8 heteroatoms. The lowest BCUT2D eigenvalue weighted by Gasteiger charge is -2.19. The maximum absolute atomic E-state index is 12.0. The van der Waals surface area contributed by atoms with E-state index in [4.69, 9.17) is 25.7 Å². The maximum Gasteiger partial charge on any atom is 0.322 e.